The lowest BCUT2D eigenvalue weighted by Gasteiger charge is -2.01. The van der Waals surface area contributed by atoms with E-state index in [9.17, 15) is 19.7 Å². The van der Waals surface area contributed by atoms with Gasteiger partial charge in [0.1, 0.15) is 6.20 Å². The summed E-state index contributed by atoms with van der Waals surface area (Å²) >= 11 is 1.19. The quantitative estimate of drug-likeness (QED) is 0.521. The zero-order valence-electron chi connectivity index (χ0n) is 9.40. The van der Waals surface area contributed by atoms with Gasteiger partial charge in [-0.15, -0.1) is 11.3 Å². The second-order valence-electron chi connectivity index (χ2n) is 3.42. The van der Waals surface area contributed by atoms with E-state index in [4.69, 9.17) is 0 Å². The smallest absolute Gasteiger partial charge is 0.358 e. The van der Waals surface area contributed by atoms with Crippen LogP contribution in [-0.4, -0.2) is 21.7 Å². The number of rotatable bonds is 3. The van der Waals surface area contributed by atoms with Crippen molar-refractivity contribution in [1.29, 1.82) is 0 Å². The Morgan fingerprint density at radius 2 is 2.11 bits per heavy atom. The molecule has 19 heavy (non-hydrogen) atoms. The average molecular weight is 277 g/mol. The van der Waals surface area contributed by atoms with Crippen LogP contribution < -0.4 is 5.32 Å². The van der Waals surface area contributed by atoms with Gasteiger partial charge in [0, 0.05) is 6.07 Å². The number of pyridine rings is 1. The maximum atomic E-state index is 11.7. The molecule has 0 radical (unpaired) electrons. The number of imide groups is 1. The molecule has 7 nitrogen and oxygen atoms in total. The van der Waals surface area contributed by atoms with Gasteiger partial charge in [-0.1, -0.05) is 6.07 Å². The SMILES string of the molecule is O=C(NC(=O)c1cccs1)c1ccnc([N+](=O)[O-])c1. The van der Waals surface area contributed by atoms with E-state index in [1.54, 1.807) is 17.5 Å². The number of carbonyl (C=O) groups excluding carboxylic acids is 2. The molecule has 0 spiro atoms. The van der Waals surface area contributed by atoms with Gasteiger partial charge < -0.3 is 10.1 Å². The predicted octanol–water partition coefficient (Wildman–Crippen LogP) is 1.62. The Labute approximate surface area is 111 Å². The maximum Gasteiger partial charge on any atom is 0.364 e. The first-order valence-electron chi connectivity index (χ1n) is 5.07. The molecule has 96 valence electrons. The number of nitrogens with one attached hydrogen (secondary N) is 1. The minimum atomic E-state index is -0.710. The van der Waals surface area contributed by atoms with E-state index in [0.29, 0.717) is 4.88 Å². The number of thiophene rings is 1. The van der Waals surface area contributed by atoms with Crippen molar-refractivity contribution in [3.63, 3.8) is 0 Å². The summed E-state index contributed by atoms with van der Waals surface area (Å²) in [5.41, 5.74) is 0.00612. The van der Waals surface area contributed by atoms with Crippen LogP contribution in [0.2, 0.25) is 0 Å². The number of aromatic nitrogens is 1. The van der Waals surface area contributed by atoms with Crippen molar-refractivity contribution in [2.45, 2.75) is 0 Å². The van der Waals surface area contributed by atoms with Crippen LogP contribution in [0.3, 0.4) is 0 Å². The first kappa shape index (κ1) is 12.8. The number of hydrogen-bond acceptors (Lipinski definition) is 6. The molecule has 2 rings (SSSR count). The summed E-state index contributed by atoms with van der Waals surface area (Å²) in [6.45, 7) is 0. The second-order valence-corrected chi connectivity index (χ2v) is 4.37. The van der Waals surface area contributed by atoms with Gasteiger partial charge in [0.05, 0.1) is 10.4 Å². The van der Waals surface area contributed by atoms with Crippen LogP contribution in [0.4, 0.5) is 5.82 Å². The first-order chi connectivity index (χ1) is 9.08. The van der Waals surface area contributed by atoms with E-state index in [1.165, 1.54) is 17.4 Å². The number of hydrogen-bond donors (Lipinski definition) is 1. The average Bonchev–Trinajstić information content (AvgIpc) is 2.92. The van der Waals surface area contributed by atoms with Crippen LogP contribution in [0.25, 0.3) is 0 Å². The molecular formula is C11H7N3O4S. The van der Waals surface area contributed by atoms with Gasteiger partial charge in [0.15, 0.2) is 0 Å². The van der Waals surface area contributed by atoms with E-state index in [2.05, 4.69) is 10.3 Å². The van der Waals surface area contributed by atoms with E-state index in [0.717, 1.165) is 12.3 Å². The number of nitrogens with zero attached hydrogens (tertiary/aromatic N) is 2. The van der Waals surface area contributed by atoms with Crippen molar-refractivity contribution in [1.82, 2.24) is 10.3 Å². The van der Waals surface area contributed by atoms with Gasteiger partial charge in [-0.25, -0.2) is 0 Å². The third-order valence-corrected chi connectivity index (χ3v) is 3.04. The lowest BCUT2D eigenvalue weighted by molar-refractivity contribution is -0.389. The highest BCUT2D eigenvalue weighted by Crippen LogP contribution is 2.11. The van der Waals surface area contributed by atoms with Crippen LogP contribution in [0.1, 0.15) is 20.0 Å². The molecule has 0 aliphatic rings. The summed E-state index contributed by atoms with van der Waals surface area (Å²) < 4.78 is 0. The van der Waals surface area contributed by atoms with Crippen LogP contribution in [-0.2, 0) is 0 Å². The van der Waals surface area contributed by atoms with Crippen LogP contribution in [0, 0.1) is 10.1 Å². The molecule has 0 fully saturated rings. The van der Waals surface area contributed by atoms with Crippen molar-refractivity contribution in [2.24, 2.45) is 0 Å². The Bertz CT molecular complexity index is 639. The van der Waals surface area contributed by atoms with Gasteiger partial charge in [0.25, 0.3) is 11.8 Å². The largest absolute Gasteiger partial charge is 0.364 e. The minimum Gasteiger partial charge on any atom is -0.358 e. The molecule has 0 unspecified atom stereocenters. The van der Waals surface area contributed by atoms with Crippen LogP contribution >= 0.6 is 11.3 Å². The van der Waals surface area contributed by atoms with Gasteiger partial charge in [-0.3, -0.25) is 14.9 Å². The Morgan fingerprint density at radius 1 is 1.32 bits per heavy atom. The summed E-state index contributed by atoms with van der Waals surface area (Å²) in [4.78, 5) is 37.1. The van der Waals surface area contributed by atoms with Crippen molar-refractivity contribution >= 4 is 29.0 Å². The lowest BCUT2D eigenvalue weighted by Crippen LogP contribution is -2.29. The molecule has 0 aromatic carbocycles. The normalized spacial score (nSPS) is 9.89. The third kappa shape index (κ3) is 2.99. The number of amides is 2. The maximum absolute atomic E-state index is 11.7. The molecule has 8 heteroatoms. The highest BCUT2D eigenvalue weighted by atomic mass is 32.1. The molecular weight excluding hydrogens is 270 g/mol. The third-order valence-electron chi connectivity index (χ3n) is 2.17. The van der Waals surface area contributed by atoms with Gasteiger partial charge in [-0.05, 0) is 27.4 Å². The number of carbonyl (C=O) groups is 2. The highest BCUT2D eigenvalue weighted by molar-refractivity contribution is 7.12. The summed E-state index contributed by atoms with van der Waals surface area (Å²) in [6.07, 6.45) is 1.14. The molecule has 0 saturated carbocycles. The Kier molecular flexibility index (Phi) is 3.62. The molecule has 1 N–H and O–H groups in total. The Morgan fingerprint density at radius 3 is 2.74 bits per heavy atom. The fourth-order valence-corrected chi connectivity index (χ4v) is 1.92. The fourth-order valence-electron chi connectivity index (χ4n) is 1.30. The Balaban J connectivity index is 2.14. The summed E-state index contributed by atoms with van der Waals surface area (Å²) in [5, 5.41) is 14.4. The van der Waals surface area contributed by atoms with E-state index >= 15 is 0 Å². The fraction of sp³-hybridized carbons (Fsp3) is 0. The number of nitro groups is 1. The van der Waals surface area contributed by atoms with Gasteiger partial charge >= 0.3 is 5.82 Å². The Hall–Kier alpha value is -2.61. The van der Waals surface area contributed by atoms with E-state index in [1.807, 2.05) is 0 Å². The topological polar surface area (TPSA) is 102 Å². The van der Waals surface area contributed by atoms with E-state index < -0.39 is 22.6 Å². The van der Waals surface area contributed by atoms with E-state index in [-0.39, 0.29) is 5.56 Å². The molecule has 2 heterocycles. The van der Waals surface area contributed by atoms with Crippen molar-refractivity contribution in [3.05, 3.63) is 56.4 Å². The van der Waals surface area contributed by atoms with Crippen LogP contribution in [0.15, 0.2) is 35.8 Å². The van der Waals surface area contributed by atoms with Gasteiger partial charge in [0.2, 0.25) is 0 Å². The van der Waals surface area contributed by atoms with Crippen molar-refractivity contribution < 1.29 is 14.5 Å². The molecule has 2 aromatic heterocycles. The monoisotopic (exact) mass is 277 g/mol. The lowest BCUT2D eigenvalue weighted by atomic mass is 10.2. The first-order valence-corrected chi connectivity index (χ1v) is 5.95. The highest BCUT2D eigenvalue weighted by Gasteiger charge is 2.16. The summed E-state index contributed by atoms with van der Waals surface area (Å²) in [6, 6.07) is 5.56. The molecule has 2 aromatic rings. The molecule has 0 atom stereocenters. The van der Waals surface area contributed by atoms with Gasteiger partial charge in [-0.2, -0.15) is 0 Å². The van der Waals surface area contributed by atoms with Crippen molar-refractivity contribution in [2.75, 3.05) is 0 Å². The van der Waals surface area contributed by atoms with Crippen molar-refractivity contribution in [3.8, 4) is 0 Å². The predicted molar refractivity (Wildman–Crippen MR) is 67.0 cm³/mol. The molecule has 0 aliphatic carbocycles. The molecule has 0 saturated heterocycles. The zero-order valence-corrected chi connectivity index (χ0v) is 10.2. The summed E-state index contributed by atoms with van der Waals surface area (Å²) in [7, 11) is 0. The summed E-state index contributed by atoms with van der Waals surface area (Å²) in [5.74, 6) is -1.69. The second kappa shape index (κ2) is 5.36. The standard InChI is InChI=1S/C11H7N3O4S/c15-10(13-11(16)8-2-1-5-19-8)7-3-4-12-9(6-7)14(17)18/h1-6H,(H,13,15,16). The molecule has 0 aliphatic heterocycles. The minimum absolute atomic E-state index is 0.00612. The molecule has 2 amide bonds. The molecule has 0 bridgehead atoms. The van der Waals surface area contributed by atoms with Crippen LogP contribution in [0.5, 0.6) is 0 Å². The zero-order chi connectivity index (χ0) is 13.8.